The molecule has 0 saturated heterocycles. The average Bonchev–Trinajstić information content (AvgIpc) is 2.13. The molecule has 0 spiro atoms. The zero-order valence-electron chi connectivity index (χ0n) is 4.99. The zero-order valence-corrected chi connectivity index (χ0v) is 4.99. The number of hydrogen-bond acceptors (Lipinski definition) is 3. The number of aliphatic hydroxyl groups is 2. The van der Waals surface area contributed by atoms with Gasteiger partial charge in [0.1, 0.15) is 0 Å². The first-order valence-corrected chi connectivity index (χ1v) is 3.00. The molecule has 3 heteroatoms. The third kappa shape index (κ3) is 1.21. The lowest BCUT2D eigenvalue weighted by Crippen LogP contribution is -2.17. The molecular weight excluding hydrogens is 118 g/mol. The van der Waals surface area contributed by atoms with Crippen molar-refractivity contribution in [3.8, 4) is 6.07 Å². The lowest BCUT2D eigenvalue weighted by molar-refractivity contribution is 0.0438. The molecule has 50 valence electrons. The standard InChI is InChI=1S/C6H9NO2/c7-3-4-1-5(8)6(9)2-4/h4-6,8-9H,1-2H2/t4?,5-,6+. The van der Waals surface area contributed by atoms with Gasteiger partial charge >= 0.3 is 0 Å². The molecule has 0 aromatic rings. The average molecular weight is 127 g/mol. The molecule has 2 N–H and O–H groups in total. The van der Waals surface area contributed by atoms with Crippen LogP contribution in [0.15, 0.2) is 0 Å². The molecule has 0 aliphatic heterocycles. The van der Waals surface area contributed by atoms with E-state index in [1.54, 1.807) is 0 Å². The van der Waals surface area contributed by atoms with Gasteiger partial charge in [0.05, 0.1) is 24.2 Å². The molecule has 1 saturated carbocycles. The fourth-order valence-corrected chi connectivity index (χ4v) is 1.10. The summed E-state index contributed by atoms with van der Waals surface area (Å²) in [6.07, 6.45) is -0.487. The minimum absolute atomic E-state index is 0.144. The summed E-state index contributed by atoms with van der Waals surface area (Å²) < 4.78 is 0. The first-order chi connectivity index (χ1) is 4.24. The summed E-state index contributed by atoms with van der Waals surface area (Å²) >= 11 is 0. The minimum Gasteiger partial charge on any atom is -0.390 e. The predicted octanol–water partition coefficient (Wildman–Crippen LogP) is -0.358. The third-order valence-electron chi connectivity index (χ3n) is 1.68. The summed E-state index contributed by atoms with van der Waals surface area (Å²) in [4.78, 5) is 0. The zero-order chi connectivity index (χ0) is 6.85. The Balaban J connectivity index is 2.46. The Morgan fingerprint density at radius 3 is 1.89 bits per heavy atom. The lowest BCUT2D eigenvalue weighted by Gasteiger charge is -2.02. The minimum atomic E-state index is -0.672. The van der Waals surface area contributed by atoms with E-state index in [0.29, 0.717) is 12.8 Å². The molecule has 9 heavy (non-hydrogen) atoms. The molecule has 0 aromatic heterocycles. The highest BCUT2D eigenvalue weighted by atomic mass is 16.3. The van der Waals surface area contributed by atoms with E-state index in [9.17, 15) is 0 Å². The van der Waals surface area contributed by atoms with E-state index in [1.165, 1.54) is 0 Å². The molecule has 1 rings (SSSR count). The monoisotopic (exact) mass is 127 g/mol. The second-order valence-electron chi connectivity index (χ2n) is 2.43. The van der Waals surface area contributed by atoms with Crippen LogP contribution in [0.2, 0.25) is 0 Å². The summed E-state index contributed by atoms with van der Waals surface area (Å²) in [6.45, 7) is 0. The van der Waals surface area contributed by atoms with Crippen LogP contribution in [0, 0.1) is 17.2 Å². The number of nitriles is 1. The summed E-state index contributed by atoms with van der Waals surface area (Å²) in [6, 6.07) is 2.00. The molecule has 3 nitrogen and oxygen atoms in total. The van der Waals surface area contributed by atoms with E-state index < -0.39 is 12.2 Å². The van der Waals surface area contributed by atoms with Gasteiger partial charge in [-0.1, -0.05) is 0 Å². The van der Waals surface area contributed by atoms with E-state index >= 15 is 0 Å². The Hall–Kier alpha value is -0.590. The van der Waals surface area contributed by atoms with Crippen molar-refractivity contribution in [2.24, 2.45) is 5.92 Å². The second-order valence-corrected chi connectivity index (χ2v) is 2.43. The first-order valence-electron chi connectivity index (χ1n) is 3.00. The van der Waals surface area contributed by atoms with Gasteiger partial charge in [0.15, 0.2) is 0 Å². The normalized spacial score (nSPS) is 42.6. The quantitative estimate of drug-likeness (QED) is 0.467. The maximum absolute atomic E-state index is 8.90. The highest BCUT2D eigenvalue weighted by Crippen LogP contribution is 2.24. The Bertz CT molecular complexity index is 130. The maximum atomic E-state index is 8.90. The van der Waals surface area contributed by atoms with Crippen LogP contribution in [0.5, 0.6) is 0 Å². The molecule has 1 unspecified atom stereocenters. The SMILES string of the molecule is N#CC1C[C@@H](O)[C@@H](O)C1. The molecule has 0 heterocycles. The largest absolute Gasteiger partial charge is 0.390 e. The summed E-state index contributed by atoms with van der Waals surface area (Å²) in [5.41, 5.74) is 0. The Labute approximate surface area is 53.5 Å². The smallest absolute Gasteiger partial charge is 0.0812 e. The third-order valence-corrected chi connectivity index (χ3v) is 1.68. The van der Waals surface area contributed by atoms with Crippen molar-refractivity contribution in [3.63, 3.8) is 0 Å². The summed E-state index contributed by atoms with van der Waals surface area (Å²) in [5.74, 6) is -0.144. The topological polar surface area (TPSA) is 64.2 Å². The molecule has 3 atom stereocenters. The van der Waals surface area contributed by atoms with Gasteiger partial charge in [0.2, 0.25) is 0 Å². The van der Waals surface area contributed by atoms with E-state index in [2.05, 4.69) is 0 Å². The van der Waals surface area contributed by atoms with Gasteiger partial charge < -0.3 is 10.2 Å². The maximum Gasteiger partial charge on any atom is 0.0812 e. The van der Waals surface area contributed by atoms with Gasteiger partial charge in [-0.15, -0.1) is 0 Å². The summed E-state index contributed by atoms with van der Waals surface area (Å²) in [5, 5.41) is 26.1. The Kier molecular flexibility index (Phi) is 1.70. The molecule has 1 fully saturated rings. The van der Waals surface area contributed by atoms with E-state index in [4.69, 9.17) is 15.5 Å². The van der Waals surface area contributed by atoms with Gasteiger partial charge in [0, 0.05) is 0 Å². The Morgan fingerprint density at radius 1 is 1.22 bits per heavy atom. The van der Waals surface area contributed by atoms with E-state index in [1.807, 2.05) is 6.07 Å². The summed E-state index contributed by atoms with van der Waals surface area (Å²) in [7, 11) is 0. The van der Waals surface area contributed by atoms with Crippen LogP contribution in [0.25, 0.3) is 0 Å². The van der Waals surface area contributed by atoms with Gasteiger partial charge in [-0.2, -0.15) is 5.26 Å². The van der Waals surface area contributed by atoms with Crippen molar-refractivity contribution in [1.29, 1.82) is 5.26 Å². The fourth-order valence-electron chi connectivity index (χ4n) is 1.10. The van der Waals surface area contributed by atoms with Gasteiger partial charge in [-0.05, 0) is 12.8 Å². The second kappa shape index (κ2) is 2.34. The molecular formula is C6H9NO2. The van der Waals surface area contributed by atoms with Crippen LogP contribution >= 0.6 is 0 Å². The van der Waals surface area contributed by atoms with Crippen molar-refractivity contribution in [2.75, 3.05) is 0 Å². The fraction of sp³-hybridized carbons (Fsp3) is 0.833. The number of rotatable bonds is 0. The van der Waals surface area contributed by atoms with Crippen LogP contribution in [-0.4, -0.2) is 22.4 Å². The van der Waals surface area contributed by atoms with E-state index in [0.717, 1.165) is 0 Å². The van der Waals surface area contributed by atoms with Crippen LogP contribution in [-0.2, 0) is 0 Å². The number of hydrogen-bond donors (Lipinski definition) is 2. The predicted molar refractivity (Wildman–Crippen MR) is 30.4 cm³/mol. The number of aliphatic hydroxyl groups excluding tert-OH is 2. The molecule has 1 aliphatic rings. The van der Waals surface area contributed by atoms with Crippen molar-refractivity contribution < 1.29 is 10.2 Å². The van der Waals surface area contributed by atoms with Gasteiger partial charge in [0.25, 0.3) is 0 Å². The molecule has 0 amide bonds. The van der Waals surface area contributed by atoms with Crippen LogP contribution in [0.3, 0.4) is 0 Å². The van der Waals surface area contributed by atoms with Crippen molar-refractivity contribution in [3.05, 3.63) is 0 Å². The van der Waals surface area contributed by atoms with Crippen LogP contribution in [0.1, 0.15) is 12.8 Å². The van der Waals surface area contributed by atoms with Crippen molar-refractivity contribution in [2.45, 2.75) is 25.0 Å². The van der Waals surface area contributed by atoms with Gasteiger partial charge in [-0.25, -0.2) is 0 Å². The highest BCUT2D eigenvalue weighted by molar-refractivity contribution is 4.94. The lowest BCUT2D eigenvalue weighted by atomic mass is 10.1. The highest BCUT2D eigenvalue weighted by Gasteiger charge is 2.30. The van der Waals surface area contributed by atoms with E-state index in [-0.39, 0.29) is 5.92 Å². The van der Waals surface area contributed by atoms with Gasteiger partial charge in [-0.3, -0.25) is 0 Å². The molecule has 1 aliphatic carbocycles. The molecule has 0 aromatic carbocycles. The number of nitrogens with zero attached hydrogens (tertiary/aromatic N) is 1. The first kappa shape index (κ1) is 6.53. The van der Waals surface area contributed by atoms with Crippen LogP contribution < -0.4 is 0 Å². The van der Waals surface area contributed by atoms with Crippen LogP contribution in [0.4, 0.5) is 0 Å². The van der Waals surface area contributed by atoms with Crippen molar-refractivity contribution >= 4 is 0 Å². The molecule has 0 radical (unpaired) electrons. The molecule has 0 bridgehead atoms. The Morgan fingerprint density at radius 2 is 1.67 bits per heavy atom. The van der Waals surface area contributed by atoms with Crippen molar-refractivity contribution in [1.82, 2.24) is 0 Å².